The zero-order valence-corrected chi connectivity index (χ0v) is 22.1. The first-order chi connectivity index (χ1) is 18.6. The molecule has 1 unspecified atom stereocenters. The van der Waals surface area contributed by atoms with Gasteiger partial charge in [0.25, 0.3) is 0 Å². The number of hydrogen-bond acceptors (Lipinski definition) is 9. The maximum atomic E-state index is 13.6. The Morgan fingerprint density at radius 2 is 1.69 bits per heavy atom. The Morgan fingerprint density at radius 3 is 2.28 bits per heavy atom. The Labute approximate surface area is 224 Å². The van der Waals surface area contributed by atoms with E-state index >= 15 is 0 Å². The van der Waals surface area contributed by atoms with Crippen molar-refractivity contribution in [3.8, 4) is 0 Å². The smallest absolute Gasteiger partial charge is 0.337 e. The molecule has 0 saturated carbocycles. The van der Waals surface area contributed by atoms with E-state index < -0.39 is 39.9 Å². The Morgan fingerprint density at radius 1 is 1.08 bits per heavy atom. The zero-order chi connectivity index (χ0) is 28.2. The molecular weight excluding hydrogens is 522 g/mol. The first-order valence-corrected chi connectivity index (χ1v) is 14.0. The van der Waals surface area contributed by atoms with Crippen LogP contribution in [-0.2, 0) is 27.5 Å². The van der Waals surface area contributed by atoms with Crippen LogP contribution >= 0.6 is 0 Å². The number of carbonyl (C=O) groups excluding carboxylic acids is 1. The number of nitrogen functional groups attached to an aromatic ring is 1. The van der Waals surface area contributed by atoms with Crippen molar-refractivity contribution in [1.82, 2.24) is 24.4 Å². The summed E-state index contributed by atoms with van der Waals surface area (Å²) in [5, 5.41) is 12.1. The summed E-state index contributed by atoms with van der Waals surface area (Å²) in [6.07, 6.45) is 0.567. The number of hydrogen-bond donors (Lipinski definition) is 4. The Bertz CT molecular complexity index is 1670. The SMILES string of the molecule is CCCS(=N)(=O)c1nc(N)c2c(n1)n(Cc1ccccc1)c(=O)n2C(=O)CN[C@@H](Cc1ccccc1)C(=O)O. The van der Waals surface area contributed by atoms with Crippen LogP contribution in [0.5, 0.6) is 0 Å². The Kier molecular flexibility index (Phi) is 8.21. The zero-order valence-electron chi connectivity index (χ0n) is 21.2. The number of aromatic nitrogens is 4. The van der Waals surface area contributed by atoms with Gasteiger partial charge in [0.15, 0.2) is 11.5 Å². The molecule has 0 fully saturated rings. The van der Waals surface area contributed by atoms with E-state index in [1.54, 1.807) is 55.5 Å². The fourth-order valence-electron chi connectivity index (χ4n) is 4.20. The van der Waals surface area contributed by atoms with Crippen molar-refractivity contribution in [2.75, 3.05) is 18.0 Å². The largest absolute Gasteiger partial charge is 0.480 e. The summed E-state index contributed by atoms with van der Waals surface area (Å²) in [7, 11) is -3.39. The van der Waals surface area contributed by atoms with E-state index in [0.29, 0.717) is 6.42 Å². The van der Waals surface area contributed by atoms with Crippen molar-refractivity contribution in [2.45, 2.75) is 37.5 Å². The number of aliphatic carboxylic acids is 1. The number of fused-ring (bicyclic) bond motifs is 1. The lowest BCUT2D eigenvalue weighted by Crippen LogP contribution is -2.44. The average molecular weight is 552 g/mol. The molecule has 2 aromatic heterocycles. The predicted octanol–water partition coefficient (Wildman–Crippen LogP) is 1.96. The molecule has 13 heteroatoms. The van der Waals surface area contributed by atoms with Crippen LogP contribution in [0.1, 0.15) is 29.3 Å². The van der Waals surface area contributed by atoms with Gasteiger partial charge in [-0.25, -0.2) is 23.3 Å². The number of nitrogens with one attached hydrogen (secondary N) is 2. The summed E-state index contributed by atoms with van der Waals surface area (Å²) in [5.74, 6) is -2.19. The highest BCUT2D eigenvalue weighted by Crippen LogP contribution is 2.21. The quantitative estimate of drug-likeness (QED) is 0.202. The van der Waals surface area contributed by atoms with Crippen LogP contribution in [0.15, 0.2) is 70.6 Å². The van der Waals surface area contributed by atoms with Crippen molar-refractivity contribution in [2.24, 2.45) is 0 Å². The van der Waals surface area contributed by atoms with E-state index in [1.807, 2.05) is 12.1 Å². The van der Waals surface area contributed by atoms with Gasteiger partial charge in [0.05, 0.1) is 13.1 Å². The van der Waals surface area contributed by atoms with E-state index in [1.165, 1.54) is 4.57 Å². The topological polar surface area (TPSA) is 186 Å². The number of carbonyl (C=O) groups is 2. The molecule has 4 rings (SSSR count). The molecule has 12 nitrogen and oxygen atoms in total. The molecule has 5 N–H and O–H groups in total. The second kappa shape index (κ2) is 11.6. The highest BCUT2D eigenvalue weighted by Gasteiger charge is 2.27. The minimum atomic E-state index is -3.39. The summed E-state index contributed by atoms with van der Waals surface area (Å²) >= 11 is 0. The van der Waals surface area contributed by atoms with Gasteiger partial charge in [-0.1, -0.05) is 67.6 Å². The summed E-state index contributed by atoms with van der Waals surface area (Å²) in [5.41, 5.74) is 6.78. The normalized spacial score (nSPS) is 13.7. The third-order valence-corrected chi connectivity index (χ3v) is 7.83. The summed E-state index contributed by atoms with van der Waals surface area (Å²) in [4.78, 5) is 47.1. The van der Waals surface area contributed by atoms with Gasteiger partial charge in [0, 0.05) is 5.75 Å². The van der Waals surface area contributed by atoms with E-state index in [9.17, 15) is 23.7 Å². The Balaban J connectivity index is 1.75. The molecule has 0 amide bonds. The van der Waals surface area contributed by atoms with E-state index in [-0.39, 0.29) is 40.9 Å². The number of carboxylic acid groups (broad SMARTS) is 1. The second-order valence-electron chi connectivity index (χ2n) is 8.99. The second-order valence-corrected chi connectivity index (χ2v) is 11.1. The van der Waals surface area contributed by atoms with Crippen LogP contribution in [0.25, 0.3) is 11.2 Å². The summed E-state index contributed by atoms with van der Waals surface area (Å²) in [6.45, 7) is 1.31. The van der Waals surface area contributed by atoms with Gasteiger partial charge in [-0.3, -0.25) is 19.5 Å². The first-order valence-electron chi connectivity index (χ1n) is 12.2. The molecule has 0 radical (unpaired) electrons. The van der Waals surface area contributed by atoms with Crippen molar-refractivity contribution in [1.29, 1.82) is 4.78 Å². The lowest BCUT2D eigenvalue weighted by Gasteiger charge is -2.14. The van der Waals surface area contributed by atoms with Gasteiger partial charge in [-0.05, 0) is 24.0 Å². The minimum absolute atomic E-state index is 0.00240. The molecular formula is C26H29N7O5S. The number of nitrogens with two attached hydrogens (primary N) is 1. The standard InChI is InChI=1S/C26H29N7O5S/c1-2-13-39(28,38)25-30-22(27)21-23(31-25)32(16-18-11-7-4-8-12-18)26(37)33(21)20(34)15-29-19(24(35)36)14-17-9-5-3-6-10-17/h3-12,19,28-29H,2,13-16H2,1H3,(H,35,36)(H2,27,30,31)/t19-,39?/m0/s1. The van der Waals surface area contributed by atoms with Gasteiger partial charge >= 0.3 is 11.7 Å². The van der Waals surface area contributed by atoms with Crippen LogP contribution < -0.4 is 16.7 Å². The van der Waals surface area contributed by atoms with Crippen molar-refractivity contribution in [3.05, 3.63) is 82.3 Å². The van der Waals surface area contributed by atoms with E-state index in [2.05, 4.69) is 15.3 Å². The highest BCUT2D eigenvalue weighted by molar-refractivity contribution is 7.92. The lowest BCUT2D eigenvalue weighted by atomic mass is 10.1. The summed E-state index contributed by atoms with van der Waals surface area (Å²) in [6, 6.07) is 16.8. The average Bonchev–Trinajstić information content (AvgIpc) is 3.19. The van der Waals surface area contributed by atoms with Crippen molar-refractivity contribution < 1.29 is 18.9 Å². The van der Waals surface area contributed by atoms with Gasteiger partial charge in [0.1, 0.15) is 21.3 Å². The third kappa shape index (κ3) is 6.04. The lowest BCUT2D eigenvalue weighted by molar-refractivity contribution is -0.139. The summed E-state index contributed by atoms with van der Waals surface area (Å²) < 4.78 is 23.2. The fraction of sp³-hybridized carbons (Fsp3) is 0.269. The fourth-order valence-corrected chi connectivity index (χ4v) is 5.44. The first kappa shape index (κ1) is 27.7. The third-order valence-electron chi connectivity index (χ3n) is 6.07. The molecule has 4 aromatic rings. The molecule has 39 heavy (non-hydrogen) atoms. The number of carboxylic acids is 1. The number of nitrogens with zero attached hydrogens (tertiary/aromatic N) is 4. The number of imidazole rings is 1. The van der Waals surface area contributed by atoms with Crippen LogP contribution in [0.4, 0.5) is 5.82 Å². The molecule has 2 atom stereocenters. The number of anilines is 1. The molecule has 0 saturated heterocycles. The molecule has 204 valence electrons. The van der Waals surface area contributed by atoms with Crippen LogP contribution in [0, 0.1) is 4.78 Å². The maximum absolute atomic E-state index is 13.6. The molecule has 0 bridgehead atoms. The molecule has 0 aliphatic heterocycles. The molecule has 2 heterocycles. The van der Waals surface area contributed by atoms with Gasteiger partial charge < -0.3 is 10.8 Å². The molecule has 0 aliphatic rings. The molecule has 2 aromatic carbocycles. The minimum Gasteiger partial charge on any atom is -0.480 e. The monoisotopic (exact) mass is 551 g/mol. The van der Waals surface area contributed by atoms with Gasteiger partial charge in [-0.2, -0.15) is 4.98 Å². The van der Waals surface area contributed by atoms with Crippen molar-refractivity contribution >= 4 is 38.6 Å². The predicted molar refractivity (Wildman–Crippen MR) is 146 cm³/mol. The highest BCUT2D eigenvalue weighted by atomic mass is 32.2. The van der Waals surface area contributed by atoms with Crippen molar-refractivity contribution in [3.63, 3.8) is 0 Å². The Hall–Kier alpha value is -4.36. The molecule has 0 aliphatic carbocycles. The number of benzene rings is 2. The van der Waals surface area contributed by atoms with Crippen LogP contribution in [-0.4, -0.2) is 58.6 Å². The van der Waals surface area contributed by atoms with Crippen LogP contribution in [0.3, 0.4) is 0 Å². The van der Waals surface area contributed by atoms with Gasteiger partial charge in [0.2, 0.25) is 11.1 Å². The van der Waals surface area contributed by atoms with E-state index in [0.717, 1.165) is 15.7 Å². The van der Waals surface area contributed by atoms with E-state index in [4.69, 9.17) is 10.5 Å². The maximum Gasteiger partial charge on any atom is 0.337 e. The van der Waals surface area contributed by atoms with Crippen LogP contribution in [0.2, 0.25) is 0 Å². The number of rotatable bonds is 11. The van der Waals surface area contributed by atoms with Gasteiger partial charge in [-0.15, -0.1) is 0 Å². The molecule has 0 spiro atoms.